The molecule has 2 amide bonds. The number of anilines is 1. The number of carboxylic acid groups (broad SMARTS) is 1. The van der Waals surface area contributed by atoms with Crippen molar-refractivity contribution in [2.24, 2.45) is 0 Å². The number of hydrogen-bond donors (Lipinski definition) is 2. The van der Waals surface area contributed by atoms with Gasteiger partial charge in [-0.25, -0.2) is 14.6 Å². The first kappa shape index (κ1) is 12.2. The minimum atomic E-state index is -0.972. The number of rotatable bonds is 2. The van der Waals surface area contributed by atoms with Crippen molar-refractivity contribution in [1.29, 1.82) is 0 Å². The molecule has 0 spiro atoms. The Morgan fingerprint density at radius 2 is 2.41 bits per heavy atom. The van der Waals surface area contributed by atoms with Gasteiger partial charge >= 0.3 is 12.0 Å². The van der Waals surface area contributed by atoms with Gasteiger partial charge in [-0.1, -0.05) is 0 Å². The van der Waals surface area contributed by atoms with Crippen LogP contribution in [-0.4, -0.2) is 44.7 Å². The number of hydrogen-bond acceptors (Lipinski definition) is 5. The molecule has 1 atom stereocenters. The SMILES string of the molecule is Cc1cnc(NC(=O)N2CSC[C@H]2C(=O)O)s1. The van der Waals surface area contributed by atoms with Crippen molar-refractivity contribution in [2.45, 2.75) is 13.0 Å². The lowest BCUT2D eigenvalue weighted by molar-refractivity contribution is -0.140. The summed E-state index contributed by atoms with van der Waals surface area (Å²) in [5.74, 6) is -0.146. The minimum Gasteiger partial charge on any atom is -0.480 e. The predicted molar refractivity (Wildman–Crippen MR) is 66.5 cm³/mol. The predicted octanol–water partition coefficient (Wildman–Crippen LogP) is 1.44. The van der Waals surface area contributed by atoms with E-state index in [0.29, 0.717) is 16.8 Å². The van der Waals surface area contributed by atoms with Crippen LogP contribution in [0, 0.1) is 6.92 Å². The number of aryl methyl sites for hydroxylation is 1. The van der Waals surface area contributed by atoms with E-state index in [2.05, 4.69) is 10.3 Å². The van der Waals surface area contributed by atoms with Crippen LogP contribution in [0.3, 0.4) is 0 Å². The molecule has 0 radical (unpaired) electrons. The topological polar surface area (TPSA) is 82.5 Å². The molecular weight excluding hydrogens is 262 g/mol. The van der Waals surface area contributed by atoms with E-state index in [4.69, 9.17) is 5.11 Å². The molecule has 1 saturated heterocycles. The van der Waals surface area contributed by atoms with Gasteiger partial charge in [0.25, 0.3) is 0 Å². The Balaban J connectivity index is 2.02. The van der Waals surface area contributed by atoms with Crippen molar-refractivity contribution in [3.05, 3.63) is 11.1 Å². The second-order valence-electron chi connectivity index (χ2n) is 3.53. The summed E-state index contributed by atoms with van der Waals surface area (Å²) in [7, 11) is 0. The first-order valence-corrected chi connectivity index (χ1v) is 6.85. The number of amides is 2. The Hall–Kier alpha value is -1.28. The van der Waals surface area contributed by atoms with Crippen LogP contribution < -0.4 is 5.32 Å². The molecule has 1 fully saturated rings. The fourth-order valence-electron chi connectivity index (χ4n) is 1.42. The minimum absolute atomic E-state index is 0.396. The lowest BCUT2D eigenvalue weighted by Gasteiger charge is -2.19. The summed E-state index contributed by atoms with van der Waals surface area (Å²) in [5.41, 5.74) is 0. The van der Waals surface area contributed by atoms with E-state index in [1.807, 2.05) is 6.92 Å². The lowest BCUT2D eigenvalue weighted by atomic mass is 10.3. The molecule has 17 heavy (non-hydrogen) atoms. The van der Waals surface area contributed by atoms with Crippen LogP contribution in [0.4, 0.5) is 9.93 Å². The highest BCUT2D eigenvalue weighted by Gasteiger charge is 2.34. The van der Waals surface area contributed by atoms with Gasteiger partial charge in [-0.05, 0) is 6.92 Å². The zero-order valence-electron chi connectivity index (χ0n) is 9.04. The third-order valence-corrected chi connectivity index (χ3v) is 4.10. The van der Waals surface area contributed by atoms with Crippen LogP contribution in [-0.2, 0) is 4.79 Å². The highest BCUT2D eigenvalue weighted by atomic mass is 32.2. The van der Waals surface area contributed by atoms with Gasteiger partial charge in [-0.3, -0.25) is 5.32 Å². The molecule has 0 bridgehead atoms. The van der Waals surface area contributed by atoms with Crippen molar-refractivity contribution in [2.75, 3.05) is 16.9 Å². The van der Waals surface area contributed by atoms with Crippen molar-refractivity contribution >= 4 is 40.2 Å². The smallest absolute Gasteiger partial charge is 0.327 e. The molecule has 1 aliphatic rings. The summed E-state index contributed by atoms with van der Waals surface area (Å²) in [6.07, 6.45) is 1.66. The molecule has 2 N–H and O–H groups in total. The highest BCUT2D eigenvalue weighted by molar-refractivity contribution is 7.99. The van der Waals surface area contributed by atoms with Crippen LogP contribution >= 0.6 is 23.1 Å². The summed E-state index contributed by atoms with van der Waals surface area (Å²) in [6, 6.07) is -1.15. The molecule has 1 aromatic heterocycles. The number of aromatic nitrogens is 1. The second kappa shape index (κ2) is 4.92. The standard InChI is InChI=1S/C9H11N3O3S2/c1-5-2-10-8(17-5)11-9(15)12-4-16-3-6(12)7(13)14/h2,6H,3-4H2,1H3,(H,13,14)(H,10,11,15)/t6-/m0/s1. The molecule has 2 rings (SSSR count). The number of carboxylic acids is 1. The van der Waals surface area contributed by atoms with E-state index in [1.54, 1.807) is 6.20 Å². The first-order valence-electron chi connectivity index (χ1n) is 4.88. The van der Waals surface area contributed by atoms with Gasteiger partial charge in [-0.2, -0.15) is 0 Å². The van der Waals surface area contributed by atoms with Gasteiger partial charge in [0, 0.05) is 16.8 Å². The van der Waals surface area contributed by atoms with E-state index < -0.39 is 18.0 Å². The summed E-state index contributed by atoms with van der Waals surface area (Å²) in [4.78, 5) is 29.1. The zero-order valence-corrected chi connectivity index (χ0v) is 10.7. The molecule has 2 heterocycles. The number of urea groups is 1. The average Bonchev–Trinajstić information content (AvgIpc) is 2.86. The first-order chi connectivity index (χ1) is 8.08. The van der Waals surface area contributed by atoms with E-state index in [0.717, 1.165) is 4.88 Å². The van der Waals surface area contributed by atoms with Crippen molar-refractivity contribution < 1.29 is 14.7 Å². The molecule has 1 aromatic rings. The largest absolute Gasteiger partial charge is 0.480 e. The second-order valence-corrected chi connectivity index (χ2v) is 5.76. The Bertz CT molecular complexity index is 448. The molecule has 0 unspecified atom stereocenters. The Labute approximate surface area is 106 Å². The number of carbonyl (C=O) groups is 2. The summed E-state index contributed by atoms with van der Waals surface area (Å²) in [5, 5.41) is 12.1. The monoisotopic (exact) mass is 273 g/mol. The van der Waals surface area contributed by atoms with Crippen LogP contribution in [0.15, 0.2) is 6.20 Å². The normalized spacial score (nSPS) is 19.4. The van der Waals surface area contributed by atoms with Gasteiger partial charge < -0.3 is 10.0 Å². The molecule has 0 aliphatic carbocycles. The molecule has 0 saturated carbocycles. The number of nitrogens with zero attached hydrogens (tertiary/aromatic N) is 2. The summed E-state index contributed by atoms with van der Waals surface area (Å²) in [6.45, 7) is 1.89. The van der Waals surface area contributed by atoms with E-state index in [1.165, 1.54) is 28.0 Å². The van der Waals surface area contributed by atoms with Crippen LogP contribution in [0.1, 0.15) is 4.88 Å². The maximum Gasteiger partial charge on any atom is 0.327 e. The number of thioether (sulfide) groups is 1. The number of carbonyl (C=O) groups excluding carboxylic acids is 1. The number of nitrogens with one attached hydrogen (secondary N) is 1. The van der Waals surface area contributed by atoms with E-state index >= 15 is 0 Å². The van der Waals surface area contributed by atoms with E-state index in [-0.39, 0.29) is 0 Å². The summed E-state index contributed by atoms with van der Waals surface area (Å²) < 4.78 is 0. The Morgan fingerprint density at radius 3 is 3.00 bits per heavy atom. The van der Waals surface area contributed by atoms with Crippen LogP contribution in [0.2, 0.25) is 0 Å². The molecular formula is C9H11N3O3S2. The van der Waals surface area contributed by atoms with Crippen molar-refractivity contribution in [3.63, 3.8) is 0 Å². The zero-order chi connectivity index (χ0) is 12.4. The number of thiazole rings is 1. The van der Waals surface area contributed by atoms with Gasteiger partial charge in [0.1, 0.15) is 6.04 Å². The van der Waals surface area contributed by atoms with Crippen molar-refractivity contribution in [3.8, 4) is 0 Å². The van der Waals surface area contributed by atoms with Gasteiger partial charge in [0.05, 0.1) is 5.88 Å². The fraction of sp³-hybridized carbons (Fsp3) is 0.444. The van der Waals surface area contributed by atoms with Gasteiger partial charge in [-0.15, -0.1) is 23.1 Å². The average molecular weight is 273 g/mol. The van der Waals surface area contributed by atoms with Crippen LogP contribution in [0.5, 0.6) is 0 Å². The van der Waals surface area contributed by atoms with Crippen LogP contribution in [0.25, 0.3) is 0 Å². The van der Waals surface area contributed by atoms with Gasteiger partial charge in [0.15, 0.2) is 5.13 Å². The van der Waals surface area contributed by atoms with E-state index in [9.17, 15) is 9.59 Å². The fourth-order valence-corrected chi connectivity index (χ4v) is 3.22. The molecule has 0 aromatic carbocycles. The summed E-state index contributed by atoms with van der Waals surface area (Å²) >= 11 is 2.79. The molecule has 6 nitrogen and oxygen atoms in total. The molecule has 8 heteroatoms. The lowest BCUT2D eigenvalue weighted by Crippen LogP contribution is -2.43. The van der Waals surface area contributed by atoms with Gasteiger partial charge in [0.2, 0.25) is 0 Å². The maximum absolute atomic E-state index is 11.8. The quantitative estimate of drug-likeness (QED) is 0.852. The molecule has 92 valence electrons. The maximum atomic E-state index is 11.8. The number of aliphatic carboxylic acids is 1. The molecule has 1 aliphatic heterocycles. The third kappa shape index (κ3) is 2.70. The Kier molecular flexibility index (Phi) is 3.53. The Morgan fingerprint density at radius 1 is 1.65 bits per heavy atom. The van der Waals surface area contributed by atoms with Crippen molar-refractivity contribution in [1.82, 2.24) is 9.88 Å². The highest BCUT2D eigenvalue weighted by Crippen LogP contribution is 2.23. The third-order valence-electron chi connectivity index (χ3n) is 2.26.